The van der Waals surface area contributed by atoms with Crippen LogP contribution in [-0.4, -0.2) is 9.97 Å². The van der Waals surface area contributed by atoms with Gasteiger partial charge in [-0.25, -0.2) is 9.97 Å². The van der Waals surface area contributed by atoms with E-state index in [1.54, 1.807) is 0 Å². The maximum absolute atomic E-state index is 4.82. The van der Waals surface area contributed by atoms with Gasteiger partial charge in [-0.2, -0.15) is 0 Å². The molecule has 4 rings (SSSR count). The highest BCUT2D eigenvalue weighted by Crippen LogP contribution is 2.38. The largest absolute Gasteiger partial charge is 0.237 e. The molecule has 3 aromatic carbocycles. The number of fused-ring (bicyclic) bond motifs is 6. The number of aromatic nitrogens is 2. The Morgan fingerprint density at radius 1 is 0.696 bits per heavy atom. The summed E-state index contributed by atoms with van der Waals surface area (Å²) in [5.74, 6) is 0.836. The van der Waals surface area contributed by atoms with Crippen molar-refractivity contribution in [3.63, 3.8) is 0 Å². The fourth-order valence-electron chi connectivity index (χ4n) is 3.43. The molecule has 0 atom stereocenters. The summed E-state index contributed by atoms with van der Waals surface area (Å²) >= 11 is 0. The average molecular weight is 300 g/mol. The van der Waals surface area contributed by atoms with Crippen molar-refractivity contribution in [2.75, 3.05) is 0 Å². The van der Waals surface area contributed by atoms with Crippen molar-refractivity contribution in [3.05, 3.63) is 60.0 Å². The molecule has 0 amide bonds. The lowest BCUT2D eigenvalue weighted by Gasteiger charge is -2.22. The Kier molecular flexibility index (Phi) is 2.92. The van der Waals surface area contributed by atoms with Crippen LogP contribution in [0.5, 0.6) is 0 Å². The quantitative estimate of drug-likeness (QED) is 0.398. The van der Waals surface area contributed by atoms with Gasteiger partial charge in [-0.3, -0.25) is 0 Å². The standard InChI is InChI=1S/C21H20N2/c1-13-22-19-17-12-8-6-10-15(17)14-9-5-7-11-16(14)18(19)20(23-13)21(2,3)4/h5-12H,1-4H3. The van der Waals surface area contributed by atoms with Gasteiger partial charge in [-0.05, 0) is 23.1 Å². The summed E-state index contributed by atoms with van der Waals surface area (Å²) in [4.78, 5) is 9.64. The van der Waals surface area contributed by atoms with Gasteiger partial charge in [0.15, 0.2) is 0 Å². The zero-order chi connectivity index (χ0) is 16.2. The molecule has 0 aliphatic rings. The Balaban J connectivity index is 2.40. The lowest BCUT2D eigenvalue weighted by atomic mass is 9.86. The van der Waals surface area contributed by atoms with Crippen LogP contribution in [0.3, 0.4) is 0 Å². The molecule has 2 nitrogen and oxygen atoms in total. The molecule has 0 bridgehead atoms. The summed E-state index contributed by atoms with van der Waals surface area (Å²) in [6.07, 6.45) is 0. The second-order valence-electron chi connectivity index (χ2n) is 7.18. The van der Waals surface area contributed by atoms with Crippen molar-refractivity contribution in [3.8, 4) is 0 Å². The molecule has 23 heavy (non-hydrogen) atoms. The summed E-state index contributed by atoms with van der Waals surface area (Å²) < 4.78 is 0. The molecule has 0 spiro atoms. The van der Waals surface area contributed by atoms with Gasteiger partial charge in [0, 0.05) is 16.2 Å². The third-order valence-corrected chi connectivity index (χ3v) is 4.40. The molecule has 0 saturated carbocycles. The average Bonchev–Trinajstić information content (AvgIpc) is 2.53. The molecule has 2 heteroatoms. The number of benzene rings is 3. The predicted molar refractivity (Wildman–Crippen MR) is 98.0 cm³/mol. The molecular weight excluding hydrogens is 280 g/mol. The van der Waals surface area contributed by atoms with Crippen LogP contribution in [0.1, 0.15) is 32.3 Å². The first kappa shape index (κ1) is 14.1. The second kappa shape index (κ2) is 4.76. The summed E-state index contributed by atoms with van der Waals surface area (Å²) in [6, 6.07) is 17.1. The minimum absolute atomic E-state index is 0.0306. The zero-order valence-corrected chi connectivity index (χ0v) is 14.0. The Hall–Kier alpha value is -2.48. The molecule has 1 heterocycles. The second-order valence-corrected chi connectivity index (χ2v) is 7.18. The molecule has 0 aliphatic carbocycles. The highest BCUT2D eigenvalue weighted by atomic mass is 14.9. The molecule has 1 aromatic heterocycles. The van der Waals surface area contributed by atoms with Crippen LogP contribution in [0, 0.1) is 6.92 Å². The molecule has 0 N–H and O–H groups in total. The SMILES string of the molecule is Cc1nc(C(C)(C)C)c2c3ccccc3c3ccccc3c2n1. The molecule has 0 aliphatic heterocycles. The van der Waals surface area contributed by atoms with Crippen LogP contribution >= 0.6 is 0 Å². The Morgan fingerprint density at radius 3 is 1.83 bits per heavy atom. The van der Waals surface area contributed by atoms with Crippen molar-refractivity contribution in [2.24, 2.45) is 0 Å². The van der Waals surface area contributed by atoms with Crippen LogP contribution in [0.4, 0.5) is 0 Å². The van der Waals surface area contributed by atoms with E-state index in [1.165, 1.54) is 26.9 Å². The molecular formula is C21H20N2. The van der Waals surface area contributed by atoms with Crippen molar-refractivity contribution in [2.45, 2.75) is 33.1 Å². The van der Waals surface area contributed by atoms with E-state index in [9.17, 15) is 0 Å². The van der Waals surface area contributed by atoms with Gasteiger partial charge in [0.1, 0.15) is 5.82 Å². The van der Waals surface area contributed by atoms with Crippen molar-refractivity contribution in [1.29, 1.82) is 0 Å². The van der Waals surface area contributed by atoms with Crippen LogP contribution in [0.2, 0.25) is 0 Å². The topological polar surface area (TPSA) is 25.8 Å². The minimum Gasteiger partial charge on any atom is -0.237 e. The van der Waals surface area contributed by atoms with E-state index < -0.39 is 0 Å². The van der Waals surface area contributed by atoms with E-state index in [-0.39, 0.29) is 5.41 Å². The predicted octanol–water partition coefficient (Wildman–Crippen LogP) is 5.54. The van der Waals surface area contributed by atoms with E-state index in [0.717, 1.165) is 17.0 Å². The Morgan fingerprint density at radius 2 is 1.22 bits per heavy atom. The fraction of sp³-hybridized carbons (Fsp3) is 0.238. The van der Waals surface area contributed by atoms with Crippen LogP contribution in [0.25, 0.3) is 32.4 Å². The van der Waals surface area contributed by atoms with Gasteiger partial charge < -0.3 is 0 Å². The van der Waals surface area contributed by atoms with Gasteiger partial charge in [0.2, 0.25) is 0 Å². The molecule has 4 aromatic rings. The van der Waals surface area contributed by atoms with Crippen molar-refractivity contribution >= 4 is 32.4 Å². The third-order valence-electron chi connectivity index (χ3n) is 4.40. The molecule has 0 fully saturated rings. The van der Waals surface area contributed by atoms with Crippen LogP contribution in [-0.2, 0) is 5.41 Å². The maximum atomic E-state index is 4.82. The first-order valence-corrected chi connectivity index (χ1v) is 8.05. The Bertz CT molecular complexity index is 1060. The monoisotopic (exact) mass is 300 g/mol. The van der Waals surface area contributed by atoms with E-state index in [0.29, 0.717) is 0 Å². The molecule has 0 unspecified atom stereocenters. The summed E-state index contributed by atoms with van der Waals surface area (Å²) in [5, 5.41) is 6.17. The number of nitrogens with zero attached hydrogens (tertiary/aromatic N) is 2. The number of rotatable bonds is 0. The van der Waals surface area contributed by atoms with Crippen molar-refractivity contribution in [1.82, 2.24) is 9.97 Å². The van der Waals surface area contributed by atoms with E-state index in [4.69, 9.17) is 9.97 Å². The van der Waals surface area contributed by atoms with E-state index >= 15 is 0 Å². The van der Waals surface area contributed by atoms with E-state index in [2.05, 4.69) is 69.3 Å². The first-order chi connectivity index (χ1) is 11.0. The summed E-state index contributed by atoms with van der Waals surface area (Å²) in [6.45, 7) is 8.65. The zero-order valence-electron chi connectivity index (χ0n) is 14.0. The van der Waals surface area contributed by atoms with E-state index in [1.807, 2.05) is 6.92 Å². The lowest BCUT2D eigenvalue weighted by molar-refractivity contribution is 0.572. The molecule has 0 saturated heterocycles. The maximum Gasteiger partial charge on any atom is 0.126 e. The normalized spacial score (nSPS) is 12.3. The van der Waals surface area contributed by atoms with Gasteiger partial charge in [-0.15, -0.1) is 0 Å². The number of hydrogen-bond acceptors (Lipinski definition) is 2. The number of hydrogen-bond donors (Lipinski definition) is 0. The van der Waals surface area contributed by atoms with Gasteiger partial charge in [-0.1, -0.05) is 69.3 Å². The van der Waals surface area contributed by atoms with Crippen LogP contribution in [0.15, 0.2) is 48.5 Å². The molecule has 114 valence electrons. The van der Waals surface area contributed by atoms with Crippen LogP contribution < -0.4 is 0 Å². The molecule has 0 radical (unpaired) electrons. The smallest absolute Gasteiger partial charge is 0.126 e. The summed E-state index contributed by atoms with van der Waals surface area (Å²) in [7, 11) is 0. The van der Waals surface area contributed by atoms with Gasteiger partial charge in [0.05, 0.1) is 11.2 Å². The number of aryl methyl sites for hydroxylation is 1. The highest BCUT2D eigenvalue weighted by molar-refractivity contribution is 6.24. The fourth-order valence-corrected chi connectivity index (χ4v) is 3.43. The first-order valence-electron chi connectivity index (χ1n) is 8.05. The van der Waals surface area contributed by atoms with Crippen molar-refractivity contribution < 1.29 is 0 Å². The summed E-state index contributed by atoms with van der Waals surface area (Å²) in [5.41, 5.74) is 2.16. The lowest BCUT2D eigenvalue weighted by Crippen LogP contribution is -2.16. The third kappa shape index (κ3) is 2.09. The minimum atomic E-state index is -0.0306. The van der Waals surface area contributed by atoms with Gasteiger partial charge in [0.25, 0.3) is 0 Å². The van der Waals surface area contributed by atoms with Gasteiger partial charge >= 0.3 is 0 Å². The highest BCUT2D eigenvalue weighted by Gasteiger charge is 2.22. The Labute approximate surface area is 136 Å².